The number of para-hydroxylation sites is 1. The number of hydrogen-bond donors (Lipinski definition) is 0. The lowest BCUT2D eigenvalue weighted by atomic mass is 10.1. The van der Waals surface area contributed by atoms with Gasteiger partial charge < -0.3 is 4.74 Å². The first kappa shape index (κ1) is 10.9. The van der Waals surface area contributed by atoms with E-state index >= 15 is 0 Å². The minimum atomic E-state index is -0.306. The van der Waals surface area contributed by atoms with Crippen molar-refractivity contribution >= 4 is 28.5 Å². The van der Waals surface area contributed by atoms with Gasteiger partial charge in [0.1, 0.15) is 6.61 Å². The van der Waals surface area contributed by atoms with Crippen LogP contribution >= 0.6 is 11.6 Å². The third-order valence-electron chi connectivity index (χ3n) is 2.23. The molecular weight excluding hydrogens is 226 g/mol. The smallest absolute Gasteiger partial charge is 0.302 e. The number of aromatic nitrogens is 1. The minimum absolute atomic E-state index is 0.222. The second-order valence-electron chi connectivity index (χ2n) is 3.39. The summed E-state index contributed by atoms with van der Waals surface area (Å²) in [7, 11) is 0. The Kier molecular flexibility index (Phi) is 3.06. The maximum Gasteiger partial charge on any atom is 0.302 e. The normalized spacial score (nSPS) is 10.4. The molecule has 0 aliphatic carbocycles. The molecule has 1 aromatic carbocycles. The third-order valence-corrected chi connectivity index (χ3v) is 2.56. The highest BCUT2D eigenvalue weighted by atomic mass is 35.5. The molecule has 0 atom stereocenters. The van der Waals surface area contributed by atoms with Crippen molar-refractivity contribution in [3.8, 4) is 0 Å². The van der Waals surface area contributed by atoms with Crippen LogP contribution in [0.3, 0.4) is 0 Å². The van der Waals surface area contributed by atoms with Gasteiger partial charge in [-0.1, -0.05) is 29.8 Å². The van der Waals surface area contributed by atoms with E-state index in [4.69, 9.17) is 16.3 Å². The molecule has 0 fully saturated rings. The van der Waals surface area contributed by atoms with Crippen LogP contribution in [0.2, 0.25) is 5.02 Å². The second-order valence-corrected chi connectivity index (χ2v) is 3.79. The largest absolute Gasteiger partial charge is 0.461 e. The number of pyridine rings is 1. The highest BCUT2D eigenvalue weighted by Crippen LogP contribution is 2.24. The van der Waals surface area contributed by atoms with Gasteiger partial charge in [0.15, 0.2) is 0 Å². The summed E-state index contributed by atoms with van der Waals surface area (Å²) >= 11 is 6.04. The summed E-state index contributed by atoms with van der Waals surface area (Å²) in [6, 6.07) is 7.37. The molecule has 0 unspecified atom stereocenters. The average molecular weight is 236 g/mol. The molecule has 0 spiro atoms. The van der Waals surface area contributed by atoms with E-state index in [9.17, 15) is 4.79 Å². The number of hydrogen-bond acceptors (Lipinski definition) is 3. The van der Waals surface area contributed by atoms with Crippen molar-refractivity contribution in [2.75, 3.05) is 0 Å². The summed E-state index contributed by atoms with van der Waals surface area (Å²) < 4.78 is 4.95. The Labute approximate surface area is 98.0 Å². The molecule has 0 aliphatic heterocycles. The molecule has 16 heavy (non-hydrogen) atoms. The predicted octanol–water partition coefficient (Wildman–Crippen LogP) is 2.95. The predicted molar refractivity (Wildman–Crippen MR) is 62.2 cm³/mol. The van der Waals surface area contributed by atoms with Crippen molar-refractivity contribution in [2.24, 2.45) is 0 Å². The Morgan fingerprint density at radius 1 is 1.44 bits per heavy atom. The molecular formula is C12H10ClNO2. The number of rotatable bonds is 2. The van der Waals surface area contributed by atoms with Gasteiger partial charge in [0.2, 0.25) is 0 Å². The molecule has 2 rings (SSSR count). The van der Waals surface area contributed by atoms with E-state index < -0.39 is 0 Å². The molecule has 0 radical (unpaired) electrons. The lowest BCUT2D eigenvalue weighted by Gasteiger charge is -2.06. The molecule has 1 heterocycles. The lowest BCUT2D eigenvalue weighted by Crippen LogP contribution is -2.00. The fourth-order valence-electron chi connectivity index (χ4n) is 1.50. The van der Waals surface area contributed by atoms with Crippen molar-refractivity contribution in [1.82, 2.24) is 4.98 Å². The van der Waals surface area contributed by atoms with Gasteiger partial charge in [-0.3, -0.25) is 9.78 Å². The quantitative estimate of drug-likeness (QED) is 0.752. The van der Waals surface area contributed by atoms with Crippen LogP contribution in [0, 0.1) is 0 Å². The number of nitrogens with zero attached hydrogens (tertiary/aromatic N) is 1. The molecule has 0 aliphatic rings. The van der Waals surface area contributed by atoms with Crippen LogP contribution < -0.4 is 0 Å². The van der Waals surface area contributed by atoms with E-state index in [0.29, 0.717) is 5.02 Å². The summed E-state index contributed by atoms with van der Waals surface area (Å²) in [5.74, 6) is -0.306. The zero-order valence-corrected chi connectivity index (χ0v) is 9.49. The second kappa shape index (κ2) is 4.49. The number of halogens is 1. The Bertz CT molecular complexity index is 540. The number of fused-ring (bicyclic) bond motifs is 1. The van der Waals surface area contributed by atoms with E-state index in [2.05, 4.69) is 4.98 Å². The van der Waals surface area contributed by atoms with Gasteiger partial charge in [0, 0.05) is 24.1 Å². The minimum Gasteiger partial charge on any atom is -0.461 e. The zero-order valence-electron chi connectivity index (χ0n) is 8.74. The van der Waals surface area contributed by atoms with E-state index in [0.717, 1.165) is 16.5 Å². The van der Waals surface area contributed by atoms with Gasteiger partial charge >= 0.3 is 5.97 Å². The molecule has 3 nitrogen and oxygen atoms in total. The SMILES string of the molecule is CC(=O)OCc1cccc2c(Cl)ccnc12. The van der Waals surface area contributed by atoms with Crippen LogP contribution in [0.1, 0.15) is 12.5 Å². The first-order valence-corrected chi connectivity index (χ1v) is 5.22. The van der Waals surface area contributed by atoms with Gasteiger partial charge in [0.05, 0.1) is 10.5 Å². The van der Waals surface area contributed by atoms with Gasteiger partial charge in [-0.25, -0.2) is 0 Å². The molecule has 82 valence electrons. The average Bonchev–Trinajstić information content (AvgIpc) is 2.27. The Morgan fingerprint density at radius 3 is 3.00 bits per heavy atom. The van der Waals surface area contributed by atoms with Crippen molar-refractivity contribution in [3.63, 3.8) is 0 Å². The molecule has 0 saturated carbocycles. The maximum absolute atomic E-state index is 10.8. The summed E-state index contributed by atoms with van der Waals surface area (Å²) in [4.78, 5) is 15.0. The first-order valence-electron chi connectivity index (χ1n) is 4.84. The fourth-order valence-corrected chi connectivity index (χ4v) is 1.71. The van der Waals surface area contributed by atoms with Crippen LogP contribution in [0.15, 0.2) is 30.5 Å². The number of carbonyl (C=O) groups is 1. The number of carbonyl (C=O) groups excluding carboxylic acids is 1. The van der Waals surface area contributed by atoms with Crippen molar-refractivity contribution in [2.45, 2.75) is 13.5 Å². The van der Waals surface area contributed by atoms with Gasteiger partial charge in [-0.15, -0.1) is 0 Å². The third kappa shape index (κ3) is 2.14. The topological polar surface area (TPSA) is 39.2 Å². The highest BCUT2D eigenvalue weighted by Gasteiger charge is 2.05. The Morgan fingerprint density at radius 2 is 2.25 bits per heavy atom. The number of benzene rings is 1. The van der Waals surface area contributed by atoms with Gasteiger partial charge in [0.25, 0.3) is 0 Å². The van der Waals surface area contributed by atoms with Crippen LogP contribution in [-0.4, -0.2) is 11.0 Å². The fraction of sp³-hybridized carbons (Fsp3) is 0.167. The van der Waals surface area contributed by atoms with Crippen molar-refractivity contribution in [3.05, 3.63) is 41.0 Å². The molecule has 2 aromatic rings. The summed E-state index contributed by atoms with van der Waals surface area (Å²) in [5, 5.41) is 1.52. The molecule has 1 aromatic heterocycles. The molecule has 0 N–H and O–H groups in total. The van der Waals surface area contributed by atoms with Crippen LogP contribution in [0.25, 0.3) is 10.9 Å². The number of esters is 1. The van der Waals surface area contributed by atoms with E-state index in [1.807, 2.05) is 18.2 Å². The standard InChI is InChI=1S/C12H10ClNO2/c1-8(15)16-7-9-3-2-4-10-11(13)5-6-14-12(9)10/h2-6H,7H2,1H3. The Hall–Kier alpha value is -1.61. The summed E-state index contributed by atoms with van der Waals surface area (Å²) in [6.07, 6.45) is 1.64. The molecule has 0 amide bonds. The highest BCUT2D eigenvalue weighted by molar-refractivity contribution is 6.35. The Balaban J connectivity index is 2.45. The molecule has 0 bridgehead atoms. The van der Waals surface area contributed by atoms with Crippen molar-refractivity contribution < 1.29 is 9.53 Å². The van der Waals surface area contributed by atoms with E-state index in [1.54, 1.807) is 12.3 Å². The van der Waals surface area contributed by atoms with Gasteiger partial charge in [-0.2, -0.15) is 0 Å². The van der Waals surface area contributed by atoms with Crippen LogP contribution in [-0.2, 0) is 16.1 Å². The monoisotopic (exact) mass is 235 g/mol. The summed E-state index contributed by atoms with van der Waals surface area (Å²) in [6.45, 7) is 1.60. The molecule has 4 heteroatoms. The molecule has 0 saturated heterocycles. The maximum atomic E-state index is 10.8. The first-order chi connectivity index (χ1) is 7.68. The zero-order chi connectivity index (χ0) is 11.5. The summed E-state index contributed by atoms with van der Waals surface area (Å²) in [5.41, 5.74) is 1.63. The number of ether oxygens (including phenoxy) is 1. The van der Waals surface area contributed by atoms with E-state index in [-0.39, 0.29) is 12.6 Å². The van der Waals surface area contributed by atoms with E-state index in [1.165, 1.54) is 6.92 Å². The van der Waals surface area contributed by atoms with Crippen molar-refractivity contribution in [1.29, 1.82) is 0 Å². The van der Waals surface area contributed by atoms with Crippen LogP contribution in [0.5, 0.6) is 0 Å². The lowest BCUT2D eigenvalue weighted by molar-refractivity contribution is -0.142. The van der Waals surface area contributed by atoms with Gasteiger partial charge in [-0.05, 0) is 6.07 Å². The van der Waals surface area contributed by atoms with Crippen LogP contribution in [0.4, 0.5) is 0 Å².